The molecule has 0 spiro atoms. The molecule has 2 rings (SSSR count). The van der Waals surface area contributed by atoms with Gasteiger partial charge in [-0.3, -0.25) is 10.2 Å². The number of rotatable bonds is 6. The van der Waals surface area contributed by atoms with Crippen molar-refractivity contribution < 1.29 is 18.3 Å². The van der Waals surface area contributed by atoms with Crippen LogP contribution in [0.3, 0.4) is 0 Å². The summed E-state index contributed by atoms with van der Waals surface area (Å²) in [6.07, 6.45) is -1.25. The Bertz CT molecular complexity index is 748. The second kappa shape index (κ2) is 7.65. The summed E-state index contributed by atoms with van der Waals surface area (Å²) in [6, 6.07) is 10.3. The lowest BCUT2D eigenvalue weighted by Gasteiger charge is -2.16. The van der Waals surface area contributed by atoms with Gasteiger partial charge in [0.15, 0.2) is 17.7 Å². The summed E-state index contributed by atoms with van der Waals surface area (Å²) < 4.78 is 32.1. The topological polar surface area (TPSA) is 88.2 Å². The van der Waals surface area contributed by atoms with E-state index in [9.17, 15) is 13.6 Å². The van der Waals surface area contributed by atoms with E-state index in [2.05, 4.69) is 5.32 Å². The quantitative estimate of drug-likeness (QED) is 0.560. The summed E-state index contributed by atoms with van der Waals surface area (Å²) in [5.74, 6) is -2.78. The molecule has 2 aromatic rings. The molecule has 5 nitrogen and oxygen atoms in total. The predicted molar refractivity (Wildman–Crippen MR) is 85.4 cm³/mol. The molecule has 1 unspecified atom stereocenters. The first-order valence-electron chi connectivity index (χ1n) is 7.11. The molecule has 0 aromatic heterocycles. The van der Waals surface area contributed by atoms with Gasteiger partial charge in [0.1, 0.15) is 5.84 Å². The van der Waals surface area contributed by atoms with Crippen LogP contribution in [0.15, 0.2) is 42.5 Å². The van der Waals surface area contributed by atoms with E-state index >= 15 is 0 Å². The van der Waals surface area contributed by atoms with Gasteiger partial charge in [0, 0.05) is 24.8 Å². The molecule has 0 saturated carbocycles. The first-order valence-corrected chi connectivity index (χ1v) is 7.11. The second-order valence-corrected chi connectivity index (χ2v) is 5.09. The maximum atomic E-state index is 13.8. The number of nitrogens with one attached hydrogen (secondary N) is 2. The molecule has 0 aliphatic carbocycles. The van der Waals surface area contributed by atoms with Gasteiger partial charge in [0.05, 0.1) is 0 Å². The average Bonchev–Trinajstić information content (AvgIpc) is 2.57. The van der Waals surface area contributed by atoms with Crippen LogP contribution < -0.4 is 11.1 Å². The molecule has 4 N–H and O–H groups in total. The number of hydrogen-bond acceptors (Lipinski definition) is 3. The summed E-state index contributed by atoms with van der Waals surface area (Å²) in [7, 11) is 1.25. The van der Waals surface area contributed by atoms with Gasteiger partial charge < -0.3 is 15.8 Å². The van der Waals surface area contributed by atoms with Gasteiger partial charge >= 0.3 is 0 Å². The van der Waals surface area contributed by atoms with Gasteiger partial charge in [-0.25, -0.2) is 8.78 Å². The van der Waals surface area contributed by atoms with E-state index in [1.165, 1.54) is 19.2 Å². The highest BCUT2D eigenvalue weighted by atomic mass is 19.2. The maximum Gasteiger partial charge on any atom is 0.254 e. The monoisotopic (exact) mass is 333 g/mol. The van der Waals surface area contributed by atoms with E-state index < -0.39 is 23.6 Å². The molecule has 0 heterocycles. The van der Waals surface area contributed by atoms with Gasteiger partial charge in [-0.1, -0.05) is 36.4 Å². The number of carbonyl (C=O) groups excluding carboxylic acids is 1. The fourth-order valence-corrected chi connectivity index (χ4v) is 2.18. The number of ether oxygens (including phenoxy) is 1. The molecule has 126 valence electrons. The number of nitrogens with two attached hydrogens (primary N) is 1. The number of hydrogen-bond donors (Lipinski definition) is 3. The number of benzene rings is 2. The largest absolute Gasteiger partial charge is 0.384 e. The first-order chi connectivity index (χ1) is 11.4. The van der Waals surface area contributed by atoms with E-state index in [1.807, 2.05) is 0 Å². The maximum absolute atomic E-state index is 13.8. The molecule has 0 aliphatic rings. The molecule has 7 heteroatoms. The first kappa shape index (κ1) is 17.6. The zero-order chi connectivity index (χ0) is 17.7. The number of methoxy groups -OCH3 is 1. The fraction of sp³-hybridized carbons (Fsp3) is 0.176. The van der Waals surface area contributed by atoms with Crippen molar-refractivity contribution in [2.24, 2.45) is 5.73 Å². The lowest BCUT2D eigenvalue weighted by molar-refractivity contribution is -0.131. The zero-order valence-corrected chi connectivity index (χ0v) is 13.0. The highest BCUT2D eigenvalue weighted by molar-refractivity contribution is 5.94. The van der Waals surface area contributed by atoms with E-state index in [0.717, 1.165) is 11.6 Å². The normalized spacial score (nSPS) is 11.8. The van der Waals surface area contributed by atoms with Gasteiger partial charge in [0.2, 0.25) is 0 Å². The van der Waals surface area contributed by atoms with Gasteiger partial charge in [-0.2, -0.15) is 0 Å². The third-order valence-corrected chi connectivity index (χ3v) is 3.47. The minimum atomic E-state index is -1.25. The standard InChI is InChI=1S/C17H17F2N3O2/c1-24-15(12-3-2-4-13(18)14(12)19)17(23)22-9-10-5-7-11(8-6-10)16(20)21/h2-8,15H,9H2,1H3,(H3,20,21)(H,22,23). The fourth-order valence-electron chi connectivity index (χ4n) is 2.18. The van der Waals surface area contributed by atoms with E-state index in [0.29, 0.717) is 5.56 Å². The molecular weight excluding hydrogens is 316 g/mol. The Morgan fingerprint density at radius 1 is 1.25 bits per heavy atom. The van der Waals surface area contributed by atoms with Gasteiger partial charge in [-0.05, 0) is 11.6 Å². The number of halogens is 2. The van der Waals surface area contributed by atoms with Crippen LogP contribution in [0.4, 0.5) is 8.78 Å². The molecule has 24 heavy (non-hydrogen) atoms. The third kappa shape index (κ3) is 3.94. The SMILES string of the molecule is COC(C(=O)NCc1ccc(C(=N)N)cc1)c1cccc(F)c1F. The number of amides is 1. The number of nitrogen functional groups attached to an aromatic ring is 1. The van der Waals surface area contributed by atoms with E-state index in [-0.39, 0.29) is 17.9 Å². The van der Waals surface area contributed by atoms with E-state index in [4.69, 9.17) is 15.9 Å². The Hall–Kier alpha value is -2.80. The third-order valence-electron chi connectivity index (χ3n) is 3.47. The minimum absolute atomic E-state index is 0.0494. The molecule has 1 amide bonds. The van der Waals surface area contributed by atoms with Crippen LogP contribution in [0, 0.1) is 17.0 Å². The number of amidine groups is 1. The zero-order valence-electron chi connectivity index (χ0n) is 13.0. The van der Waals surface area contributed by atoms with Crippen molar-refractivity contribution >= 4 is 11.7 Å². The molecule has 0 saturated heterocycles. The van der Waals surface area contributed by atoms with Crippen molar-refractivity contribution in [2.45, 2.75) is 12.6 Å². The number of carbonyl (C=O) groups is 1. The second-order valence-electron chi connectivity index (χ2n) is 5.09. The minimum Gasteiger partial charge on any atom is -0.384 e. The highest BCUT2D eigenvalue weighted by Crippen LogP contribution is 2.22. The molecule has 0 aliphatic heterocycles. The average molecular weight is 333 g/mol. The molecule has 1 atom stereocenters. The van der Waals surface area contributed by atoms with Crippen molar-refractivity contribution in [1.82, 2.24) is 5.32 Å². The predicted octanol–water partition coefficient (Wildman–Crippen LogP) is 2.25. The van der Waals surface area contributed by atoms with Gasteiger partial charge in [-0.15, -0.1) is 0 Å². The van der Waals surface area contributed by atoms with Crippen LogP contribution in [0.5, 0.6) is 0 Å². The molecule has 0 radical (unpaired) electrons. The lowest BCUT2D eigenvalue weighted by atomic mass is 10.1. The van der Waals surface area contributed by atoms with Crippen molar-refractivity contribution in [1.29, 1.82) is 5.41 Å². The summed E-state index contributed by atoms with van der Waals surface area (Å²) >= 11 is 0. The molecule has 0 bridgehead atoms. The molecule has 2 aromatic carbocycles. The summed E-state index contributed by atoms with van der Waals surface area (Å²) in [6.45, 7) is 0.174. The smallest absolute Gasteiger partial charge is 0.254 e. The van der Waals surface area contributed by atoms with Crippen molar-refractivity contribution in [3.63, 3.8) is 0 Å². The van der Waals surface area contributed by atoms with Crippen LogP contribution in [0.25, 0.3) is 0 Å². The lowest BCUT2D eigenvalue weighted by Crippen LogP contribution is -2.30. The Balaban J connectivity index is 2.07. The van der Waals surface area contributed by atoms with E-state index in [1.54, 1.807) is 24.3 Å². The Labute approximate surface area is 137 Å². The summed E-state index contributed by atoms with van der Waals surface area (Å²) in [5.41, 5.74) is 6.54. The van der Waals surface area contributed by atoms with Crippen LogP contribution in [0.2, 0.25) is 0 Å². The Morgan fingerprint density at radius 3 is 2.50 bits per heavy atom. The molecule has 0 fully saturated rings. The summed E-state index contributed by atoms with van der Waals surface area (Å²) in [4.78, 5) is 12.2. The van der Waals surface area contributed by atoms with Crippen molar-refractivity contribution in [3.8, 4) is 0 Å². The Morgan fingerprint density at radius 2 is 1.92 bits per heavy atom. The van der Waals surface area contributed by atoms with Gasteiger partial charge in [0.25, 0.3) is 5.91 Å². The van der Waals surface area contributed by atoms with Crippen LogP contribution >= 0.6 is 0 Å². The molecular formula is C17H17F2N3O2. The van der Waals surface area contributed by atoms with Crippen LogP contribution in [-0.2, 0) is 16.1 Å². The Kier molecular flexibility index (Phi) is 5.59. The van der Waals surface area contributed by atoms with Crippen molar-refractivity contribution in [3.05, 3.63) is 70.8 Å². The highest BCUT2D eigenvalue weighted by Gasteiger charge is 2.24. The summed E-state index contributed by atoms with van der Waals surface area (Å²) in [5, 5.41) is 9.92. The van der Waals surface area contributed by atoms with Crippen molar-refractivity contribution in [2.75, 3.05) is 7.11 Å². The van der Waals surface area contributed by atoms with Crippen LogP contribution in [0.1, 0.15) is 22.8 Å². The van der Waals surface area contributed by atoms with Crippen LogP contribution in [-0.4, -0.2) is 18.9 Å².